The lowest BCUT2D eigenvalue weighted by Gasteiger charge is -2.24. The minimum atomic E-state index is -0.454. The third-order valence-electron chi connectivity index (χ3n) is 2.70. The van der Waals surface area contributed by atoms with E-state index in [1.165, 1.54) is 7.11 Å². The molecule has 0 bridgehead atoms. The van der Waals surface area contributed by atoms with Crippen molar-refractivity contribution in [1.29, 1.82) is 0 Å². The number of para-hydroxylation sites is 1. The fourth-order valence-electron chi connectivity index (χ4n) is 1.81. The fourth-order valence-corrected chi connectivity index (χ4v) is 1.81. The maximum absolute atomic E-state index is 11.9. The fraction of sp³-hybridized carbons (Fsp3) is 0.417. The second-order valence-corrected chi connectivity index (χ2v) is 3.55. The molecule has 0 saturated heterocycles. The SMILES string of the molecule is CCc1cccc2c1OCC(OC)C2=O. The van der Waals surface area contributed by atoms with Gasteiger partial charge in [0.1, 0.15) is 12.4 Å². The Morgan fingerprint density at radius 1 is 1.53 bits per heavy atom. The molecule has 1 aromatic rings. The number of carbonyl (C=O) groups excluding carboxylic acids is 1. The summed E-state index contributed by atoms with van der Waals surface area (Å²) in [6, 6.07) is 5.66. The number of Topliss-reactive ketones (excluding diaryl/α,β-unsaturated/α-hetero) is 1. The van der Waals surface area contributed by atoms with Gasteiger partial charge in [-0.25, -0.2) is 0 Å². The Hall–Kier alpha value is -1.35. The van der Waals surface area contributed by atoms with E-state index < -0.39 is 6.10 Å². The van der Waals surface area contributed by atoms with Crippen molar-refractivity contribution in [1.82, 2.24) is 0 Å². The van der Waals surface area contributed by atoms with Crippen LogP contribution in [0, 0.1) is 0 Å². The van der Waals surface area contributed by atoms with Crippen molar-refractivity contribution >= 4 is 5.78 Å². The van der Waals surface area contributed by atoms with Crippen molar-refractivity contribution in [3.05, 3.63) is 29.3 Å². The van der Waals surface area contributed by atoms with E-state index in [1.807, 2.05) is 19.1 Å². The van der Waals surface area contributed by atoms with Gasteiger partial charge in [-0.2, -0.15) is 0 Å². The molecular formula is C12H14O3. The zero-order valence-electron chi connectivity index (χ0n) is 8.95. The Labute approximate surface area is 89.0 Å². The first kappa shape index (κ1) is 10.2. The minimum absolute atomic E-state index is 0.0223. The van der Waals surface area contributed by atoms with Crippen LogP contribution in [0.4, 0.5) is 0 Å². The highest BCUT2D eigenvalue weighted by Gasteiger charge is 2.29. The Bertz CT molecular complexity index is 384. The molecule has 0 fully saturated rings. The van der Waals surface area contributed by atoms with Gasteiger partial charge in [-0.05, 0) is 18.1 Å². The number of rotatable bonds is 2. The second kappa shape index (κ2) is 4.03. The minimum Gasteiger partial charge on any atom is -0.489 e. The smallest absolute Gasteiger partial charge is 0.198 e. The molecule has 1 aliphatic rings. The molecule has 3 nitrogen and oxygen atoms in total. The maximum atomic E-state index is 11.9. The topological polar surface area (TPSA) is 35.5 Å². The zero-order chi connectivity index (χ0) is 10.8. The van der Waals surface area contributed by atoms with Crippen molar-refractivity contribution in [3.8, 4) is 5.75 Å². The van der Waals surface area contributed by atoms with E-state index in [1.54, 1.807) is 6.07 Å². The van der Waals surface area contributed by atoms with Gasteiger partial charge in [-0.1, -0.05) is 19.1 Å². The Morgan fingerprint density at radius 2 is 2.33 bits per heavy atom. The molecule has 15 heavy (non-hydrogen) atoms. The molecule has 0 saturated carbocycles. The van der Waals surface area contributed by atoms with Crippen LogP contribution in [-0.4, -0.2) is 25.6 Å². The number of fused-ring (bicyclic) bond motifs is 1. The van der Waals surface area contributed by atoms with Crippen molar-refractivity contribution in [2.45, 2.75) is 19.4 Å². The summed E-state index contributed by atoms with van der Waals surface area (Å²) in [6.07, 6.45) is 0.415. The number of hydrogen-bond acceptors (Lipinski definition) is 3. The molecule has 0 aliphatic carbocycles. The Balaban J connectivity index is 2.45. The Kier molecular flexibility index (Phi) is 2.73. The molecule has 2 rings (SSSR count). The van der Waals surface area contributed by atoms with Crippen LogP contribution in [0.1, 0.15) is 22.8 Å². The normalized spacial score (nSPS) is 19.6. The number of hydrogen-bond donors (Lipinski definition) is 0. The summed E-state index contributed by atoms with van der Waals surface area (Å²) in [4.78, 5) is 11.9. The predicted octanol–water partition coefficient (Wildman–Crippen LogP) is 1.84. The van der Waals surface area contributed by atoms with Gasteiger partial charge in [0, 0.05) is 7.11 Å². The number of methoxy groups -OCH3 is 1. The summed E-state index contributed by atoms with van der Waals surface area (Å²) in [5.74, 6) is 0.757. The monoisotopic (exact) mass is 206 g/mol. The van der Waals surface area contributed by atoms with Gasteiger partial charge in [0.05, 0.1) is 5.56 Å². The molecule has 1 heterocycles. The Morgan fingerprint density at radius 3 is 3.00 bits per heavy atom. The van der Waals surface area contributed by atoms with Gasteiger partial charge in [0.25, 0.3) is 0 Å². The molecule has 1 aromatic carbocycles. The first-order valence-electron chi connectivity index (χ1n) is 5.09. The van der Waals surface area contributed by atoms with E-state index >= 15 is 0 Å². The standard InChI is InChI=1S/C12H14O3/c1-3-8-5-4-6-9-11(13)10(14-2)7-15-12(8)9/h4-6,10H,3,7H2,1-2H3. The summed E-state index contributed by atoms with van der Waals surface area (Å²) < 4.78 is 10.6. The summed E-state index contributed by atoms with van der Waals surface area (Å²) >= 11 is 0. The number of ketones is 1. The lowest BCUT2D eigenvalue weighted by Crippen LogP contribution is -2.34. The highest BCUT2D eigenvalue weighted by molar-refractivity contribution is 6.03. The van der Waals surface area contributed by atoms with E-state index in [2.05, 4.69) is 0 Å². The van der Waals surface area contributed by atoms with E-state index in [4.69, 9.17) is 9.47 Å². The molecule has 1 unspecified atom stereocenters. The number of carbonyl (C=O) groups is 1. The highest BCUT2D eigenvalue weighted by Crippen LogP contribution is 2.29. The van der Waals surface area contributed by atoms with Gasteiger partial charge in [0.15, 0.2) is 11.9 Å². The number of benzene rings is 1. The first-order valence-corrected chi connectivity index (χ1v) is 5.09. The van der Waals surface area contributed by atoms with Crippen molar-refractivity contribution in [3.63, 3.8) is 0 Å². The number of aryl methyl sites for hydroxylation is 1. The zero-order valence-corrected chi connectivity index (χ0v) is 8.95. The van der Waals surface area contributed by atoms with E-state index in [9.17, 15) is 4.79 Å². The maximum Gasteiger partial charge on any atom is 0.198 e. The first-order chi connectivity index (χ1) is 7.27. The summed E-state index contributed by atoms with van der Waals surface area (Å²) in [5.41, 5.74) is 1.72. The molecule has 0 spiro atoms. The van der Waals surface area contributed by atoms with E-state index in [-0.39, 0.29) is 5.78 Å². The van der Waals surface area contributed by atoms with Crippen molar-refractivity contribution < 1.29 is 14.3 Å². The second-order valence-electron chi connectivity index (χ2n) is 3.55. The lowest BCUT2D eigenvalue weighted by atomic mass is 9.98. The molecule has 1 atom stereocenters. The van der Waals surface area contributed by atoms with Crippen LogP contribution in [0.25, 0.3) is 0 Å². The molecule has 0 N–H and O–H groups in total. The third-order valence-corrected chi connectivity index (χ3v) is 2.70. The average Bonchev–Trinajstić information content (AvgIpc) is 2.29. The van der Waals surface area contributed by atoms with Crippen LogP contribution >= 0.6 is 0 Å². The summed E-state index contributed by atoms with van der Waals surface area (Å²) in [5, 5.41) is 0. The lowest BCUT2D eigenvalue weighted by molar-refractivity contribution is 0.0365. The van der Waals surface area contributed by atoms with Crippen LogP contribution in [-0.2, 0) is 11.2 Å². The average molecular weight is 206 g/mol. The molecule has 0 radical (unpaired) electrons. The molecule has 0 amide bonds. The van der Waals surface area contributed by atoms with Gasteiger partial charge < -0.3 is 9.47 Å². The van der Waals surface area contributed by atoms with Crippen molar-refractivity contribution in [2.24, 2.45) is 0 Å². The van der Waals surface area contributed by atoms with E-state index in [0.29, 0.717) is 12.2 Å². The summed E-state index contributed by atoms with van der Waals surface area (Å²) in [7, 11) is 1.53. The van der Waals surface area contributed by atoms with Crippen LogP contribution in [0.3, 0.4) is 0 Å². The molecular weight excluding hydrogens is 192 g/mol. The van der Waals surface area contributed by atoms with Gasteiger partial charge in [-0.15, -0.1) is 0 Å². The molecule has 80 valence electrons. The van der Waals surface area contributed by atoms with Gasteiger partial charge in [-0.3, -0.25) is 4.79 Å². The van der Waals surface area contributed by atoms with Gasteiger partial charge in [0.2, 0.25) is 0 Å². The van der Waals surface area contributed by atoms with Crippen LogP contribution in [0.15, 0.2) is 18.2 Å². The third kappa shape index (κ3) is 1.63. The van der Waals surface area contributed by atoms with Gasteiger partial charge >= 0.3 is 0 Å². The van der Waals surface area contributed by atoms with Crippen molar-refractivity contribution in [2.75, 3.05) is 13.7 Å². The molecule has 0 aromatic heterocycles. The largest absolute Gasteiger partial charge is 0.489 e. The van der Waals surface area contributed by atoms with Crippen LogP contribution in [0.5, 0.6) is 5.75 Å². The highest BCUT2D eigenvalue weighted by atomic mass is 16.5. The summed E-state index contributed by atoms with van der Waals surface area (Å²) in [6.45, 7) is 2.37. The van der Waals surface area contributed by atoms with Crippen LogP contribution < -0.4 is 4.74 Å². The van der Waals surface area contributed by atoms with Crippen LogP contribution in [0.2, 0.25) is 0 Å². The van der Waals surface area contributed by atoms with E-state index in [0.717, 1.165) is 17.7 Å². The molecule has 1 aliphatic heterocycles. The molecule has 3 heteroatoms. The number of ether oxygens (including phenoxy) is 2. The quantitative estimate of drug-likeness (QED) is 0.740. The predicted molar refractivity (Wildman–Crippen MR) is 56.4 cm³/mol.